The molecule has 5 aromatic rings. The molecule has 2 aromatic carbocycles. The van der Waals surface area contributed by atoms with Gasteiger partial charge in [-0.25, -0.2) is 4.68 Å². The Labute approximate surface area is 160 Å². The monoisotopic (exact) mass is 401 g/mol. The summed E-state index contributed by atoms with van der Waals surface area (Å²) in [6, 6.07) is 13.0. The molecule has 5 rings (SSSR count). The fourth-order valence-electron chi connectivity index (χ4n) is 2.69. The third-order valence-electron chi connectivity index (χ3n) is 3.93. The number of benzene rings is 2. The molecule has 3 aromatic heterocycles. The third kappa shape index (κ3) is 2.54. The van der Waals surface area contributed by atoms with E-state index in [-0.39, 0.29) is 0 Å². The topological polar surface area (TPSA) is 73.8 Å². The Bertz CT molecular complexity index is 1260. The summed E-state index contributed by atoms with van der Waals surface area (Å²) in [6.45, 7) is 0.411. The molecule has 0 aliphatic rings. The van der Waals surface area contributed by atoms with Crippen LogP contribution in [-0.2, 0) is 6.54 Å². The van der Waals surface area contributed by atoms with Crippen molar-refractivity contribution < 1.29 is 0 Å². The average Bonchev–Trinajstić information content (AvgIpc) is 3.33. The number of hydrogen-bond acceptors (Lipinski definition) is 6. The Kier molecular flexibility index (Phi) is 3.63. The Hall–Kier alpha value is -2.55. The standard InChI is InChI=1S/C16H9Cl2N7S/c17-9-5-6-11(18)10(7-9)15-22-25-14(20-21-16(25)26-15)8-24-13-4-2-1-3-12(13)19-23-24/h1-7H,8H2. The van der Waals surface area contributed by atoms with Crippen molar-refractivity contribution in [2.75, 3.05) is 0 Å². The molecule has 3 heterocycles. The number of halogens is 2. The molecule has 0 atom stereocenters. The minimum absolute atomic E-state index is 0.411. The van der Waals surface area contributed by atoms with E-state index in [1.165, 1.54) is 11.3 Å². The van der Waals surface area contributed by atoms with E-state index in [1.807, 2.05) is 24.3 Å². The summed E-state index contributed by atoms with van der Waals surface area (Å²) in [4.78, 5) is 0.676. The van der Waals surface area contributed by atoms with E-state index in [0.717, 1.165) is 21.6 Å². The van der Waals surface area contributed by atoms with Crippen LogP contribution in [0.3, 0.4) is 0 Å². The SMILES string of the molecule is Clc1ccc(Cl)c(-c2nn3c(Cn4nnc5ccccc54)nnc3s2)c1. The molecular formula is C16H9Cl2N7S. The summed E-state index contributed by atoms with van der Waals surface area (Å²) in [7, 11) is 0. The Morgan fingerprint density at radius 3 is 2.81 bits per heavy atom. The van der Waals surface area contributed by atoms with E-state index in [1.54, 1.807) is 27.4 Å². The van der Waals surface area contributed by atoms with Gasteiger partial charge < -0.3 is 0 Å². The van der Waals surface area contributed by atoms with Gasteiger partial charge in [0.25, 0.3) is 0 Å². The van der Waals surface area contributed by atoms with Gasteiger partial charge >= 0.3 is 0 Å². The molecule has 0 fully saturated rings. The Balaban J connectivity index is 1.57. The van der Waals surface area contributed by atoms with Crippen molar-refractivity contribution in [3.63, 3.8) is 0 Å². The summed E-state index contributed by atoms with van der Waals surface area (Å²) < 4.78 is 3.48. The van der Waals surface area contributed by atoms with E-state index in [4.69, 9.17) is 23.2 Å². The maximum absolute atomic E-state index is 6.29. The summed E-state index contributed by atoms with van der Waals surface area (Å²) in [5.74, 6) is 0.663. The highest BCUT2D eigenvalue weighted by Gasteiger charge is 2.16. The number of para-hydroxylation sites is 1. The zero-order valence-corrected chi connectivity index (χ0v) is 15.4. The molecule has 128 valence electrons. The van der Waals surface area contributed by atoms with E-state index in [2.05, 4.69) is 25.6 Å². The van der Waals surface area contributed by atoms with Gasteiger partial charge in [0.05, 0.1) is 10.5 Å². The van der Waals surface area contributed by atoms with Crippen molar-refractivity contribution in [1.82, 2.24) is 34.8 Å². The molecular weight excluding hydrogens is 393 g/mol. The number of fused-ring (bicyclic) bond motifs is 2. The molecule has 26 heavy (non-hydrogen) atoms. The summed E-state index contributed by atoms with van der Waals surface area (Å²) >= 11 is 13.8. The van der Waals surface area contributed by atoms with E-state index >= 15 is 0 Å². The normalized spacial score (nSPS) is 11.6. The van der Waals surface area contributed by atoms with Gasteiger partial charge in [0.15, 0.2) is 5.82 Å². The smallest absolute Gasteiger partial charge is 0.235 e. The van der Waals surface area contributed by atoms with Gasteiger partial charge in [0.1, 0.15) is 17.1 Å². The van der Waals surface area contributed by atoms with Crippen molar-refractivity contribution in [3.8, 4) is 10.6 Å². The lowest BCUT2D eigenvalue weighted by Gasteiger charge is -2.01. The van der Waals surface area contributed by atoms with E-state index < -0.39 is 0 Å². The first kappa shape index (κ1) is 15.7. The van der Waals surface area contributed by atoms with E-state index in [9.17, 15) is 0 Å². The first-order chi connectivity index (χ1) is 12.7. The zero-order valence-electron chi connectivity index (χ0n) is 13.0. The lowest BCUT2D eigenvalue weighted by molar-refractivity contribution is 0.628. The van der Waals surface area contributed by atoms with E-state index in [0.29, 0.717) is 27.4 Å². The van der Waals surface area contributed by atoms with Crippen LogP contribution in [-0.4, -0.2) is 34.8 Å². The highest BCUT2D eigenvalue weighted by Crippen LogP contribution is 2.33. The second-order valence-corrected chi connectivity index (χ2v) is 7.38. The molecule has 0 amide bonds. The molecule has 0 spiro atoms. The van der Waals surface area contributed by atoms with Crippen molar-refractivity contribution in [3.05, 3.63) is 58.3 Å². The van der Waals surface area contributed by atoms with Crippen LogP contribution in [0, 0.1) is 0 Å². The maximum atomic E-state index is 6.29. The molecule has 0 N–H and O–H groups in total. The molecule has 0 unspecified atom stereocenters. The molecule has 7 nitrogen and oxygen atoms in total. The van der Waals surface area contributed by atoms with Crippen molar-refractivity contribution in [2.45, 2.75) is 6.54 Å². The van der Waals surface area contributed by atoms with Crippen LogP contribution < -0.4 is 0 Å². The molecule has 0 radical (unpaired) electrons. The number of aromatic nitrogens is 7. The lowest BCUT2D eigenvalue weighted by atomic mass is 10.2. The quantitative estimate of drug-likeness (QED) is 0.457. The van der Waals surface area contributed by atoms with Gasteiger partial charge in [0.2, 0.25) is 4.96 Å². The fourth-order valence-corrected chi connectivity index (χ4v) is 4.02. The van der Waals surface area contributed by atoms with Crippen LogP contribution in [0.15, 0.2) is 42.5 Å². The third-order valence-corrected chi connectivity index (χ3v) is 5.42. The molecule has 0 saturated heterocycles. The van der Waals surface area contributed by atoms with Crippen molar-refractivity contribution >= 4 is 50.5 Å². The van der Waals surface area contributed by atoms with Crippen LogP contribution >= 0.6 is 34.5 Å². The summed E-state index contributed by atoms with van der Waals surface area (Å²) in [5, 5.41) is 23.3. The molecule has 0 aliphatic carbocycles. The highest BCUT2D eigenvalue weighted by molar-refractivity contribution is 7.19. The number of hydrogen-bond donors (Lipinski definition) is 0. The second kappa shape index (κ2) is 6.01. The van der Waals surface area contributed by atoms with Crippen LogP contribution in [0.1, 0.15) is 5.82 Å². The largest absolute Gasteiger partial charge is 0.237 e. The van der Waals surface area contributed by atoms with Crippen molar-refractivity contribution in [1.29, 1.82) is 0 Å². The molecule has 0 bridgehead atoms. The van der Waals surface area contributed by atoms with Crippen molar-refractivity contribution in [2.24, 2.45) is 0 Å². The summed E-state index contributed by atoms with van der Waals surface area (Å²) in [6.07, 6.45) is 0. The van der Waals surface area contributed by atoms with Gasteiger partial charge in [-0.3, -0.25) is 0 Å². The maximum Gasteiger partial charge on any atom is 0.235 e. The van der Waals surface area contributed by atoms with Crippen LogP contribution in [0.2, 0.25) is 10.0 Å². The average molecular weight is 402 g/mol. The number of nitrogens with zero attached hydrogens (tertiary/aromatic N) is 7. The van der Waals surface area contributed by atoms with Gasteiger partial charge in [-0.15, -0.1) is 15.3 Å². The highest BCUT2D eigenvalue weighted by atomic mass is 35.5. The predicted octanol–water partition coefficient (Wildman–Crippen LogP) is 3.95. The van der Waals surface area contributed by atoms with Gasteiger partial charge in [-0.1, -0.05) is 51.9 Å². The Morgan fingerprint density at radius 1 is 1.00 bits per heavy atom. The minimum Gasteiger partial charge on any atom is -0.237 e. The molecule has 0 aliphatic heterocycles. The van der Waals surface area contributed by atoms with Crippen LogP contribution in [0.25, 0.3) is 26.6 Å². The predicted molar refractivity (Wildman–Crippen MR) is 101 cm³/mol. The van der Waals surface area contributed by atoms with Crippen LogP contribution in [0.4, 0.5) is 0 Å². The number of rotatable bonds is 3. The van der Waals surface area contributed by atoms with Gasteiger partial charge in [0, 0.05) is 10.6 Å². The summed E-state index contributed by atoms with van der Waals surface area (Å²) in [5.41, 5.74) is 2.53. The lowest BCUT2D eigenvalue weighted by Crippen LogP contribution is -2.06. The molecule has 0 saturated carbocycles. The second-order valence-electron chi connectivity index (χ2n) is 5.58. The zero-order chi connectivity index (χ0) is 17.7. The van der Waals surface area contributed by atoms with Gasteiger partial charge in [-0.05, 0) is 30.3 Å². The molecule has 10 heteroatoms. The first-order valence-corrected chi connectivity index (χ1v) is 9.21. The minimum atomic E-state index is 0.411. The first-order valence-electron chi connectivity index (χ1n) is 7.64. The van der Waals surface area contributed by atoms with Crippen LogP contribution in [0.5, 0.6) is 0 Å². The van der Waals surface area contributed by atoms with Gasteiger partial charge in [-0.2, -0.15) is 9.61 Å². The fraction of sp³-hybridized carbons (Fsp3) is 0.0625. The Morgan fingerprint density at radius 2 is 1.88 bits per heavy atom.